The van der Waals surface area contributed by atoms with E-state index >= 15 is 0 Å². The number of carbonyl (C=O) groups is 1. The zero-order valence-corrected chi connectivity index (χ0v) is 9.79. The van der Waals surface area contributed by atoms with Gasteiger partial charge in [0.25, 0.3) is 0 Å². The Morgan fingerprint density at radius 3 is 2.60 bits per heavy atom. The number of amides is 1. The predicted octanol–water partition coefficient (Wildman–Crippen LogP) is 0.753. The van der Waals surface area contributed by atoms with Crippen LogP contribution in [0.4, 0.5) is 0 Å². The fourth-order valence-corrected chi connectivity index (χ4v) is 1.82. The molecule has 1 aliphatic rings. The van der Waals surface area contributed by atoms with Crippen LogP contribution in [0.1, 0.15) is 33.1 Å². The molecular weight excluding hydrogens is 192 g/mol. The molecule has 4 heteroatoms. The summed E-state index contributed by atoms with van der Waals surface area (Å²) < 4.78 is 5.32. The summed E-state index contributed by atoms with van der Waals surface area (Å²) in [4.78, 5) is 14.0. The molecule has 0 aromatic rings. The van der Waals surface area contributed by atoms with Gasteiger partial charge in [-0.05, 0) is 19.3 Å². The highest BCUT2D eigenvalue weighted by Crippen LogP contribution is 2.16. The average Bonchev–Trinajstić information content (AvgIpc) is 2.55. The Morgan fingerprint density at radius 1 is 1.33 bits per heavy atom. The van der Waals surface area contributed by atoms with Gasteiger partial charge in [-0.3, -0.25) is 4.79 Å². The Bertz CT molecular complexity index is 207. The third-order valence-electron chi connectivity index (χ3n) is 3.20. The fourth-order valence-electron chi connectivity index (χ4n) is 1.82. The normalized spacial score (nSPS) is 18.7. The highest BCUT2D eigenvalue weighted by Gasteiger charge is 2.34. The molecule has 0 bridgehead atoms. The molecule has 2 N–H and O–H groups in total. The van der Waals surface area contributed by atoms with E-state index in [9.17, 15) is 4.79 Å². The van der Waals surface area contributed by atoms with Crippen molar-refractivity contribution in [3.8, 4) is 0 Å². The van der Waals surface area contributed by atoms with Crippen molar-refractivity contribution in [2.75, 3.05) is 26.3 Å². The van der Waals surface area contributed by atoms with E-state index in [-0.39, 0.29) is 5.91 Å². The van der Waals surface area contributed by atoms with Crippen molar-refractivity contribution in [2.24, 2.45) is 5.73 Å². The Balaban J connectivity index is 2.64. The second-order valence-electron chi connectivity index (χ2n) is 4.12. The van der Waals surface area contributed by atoms with Crippen molar-refractivity contribution in [1.82, 2.24) is 4.90 Å². The summed E-state index contributed by atoms with van der Waals surface area (Å²) in [6.07, 6.45) is 2.30. The number of carbonyl (C=O) groups excluding carboxylic acids is 1. The third-order valence-corrected chi connectivity index (χ3v) is 3.20. The van der Waals surface area contributed by atoms with Gasteiger partial charge in [-0.2, -0.15) is 0 Å². The summed E-state index contributed by atoms with van der Waals surface area (Å²) in [5.41, 5.74) is 5.41. The first-order valence-electron chi connectivity index (χ1n) is 5.80. The molecule has 0 unspecified atom stereocenters. The highest BCUT2D eigenvalue weighted by atomic mass is 16.5. The van der Waals surface area contributed by atoms with Crippen LogP contribution in [0.15, 0.2) is 0 Å². The van der Waals surface area contributed by atoms with Crippen LogP contribution in [0.2, 0.25) is 0 Å². The number of nitrogens with zero attached hydrogens (tertiary/aromatic N) is 1. The first kappa shape index (κ1) is 12.5. The van der Waals surface area contributed by atoms with Crippen molar-refractivity contribution in [1.29, 1.82) is 0 Å². The van der Waals surface area contributed by atoms with Crippen LogP contribution >= 0.6 is 0 Å². The van der Waals surface area contributed by atoms with Crippen molar-refractivity contribution in [3.05, 3.63) is 0 Å². The standard InChI is InChI=1S/C11H22N2O2/c1-3-11(12,4-2)10(14)13-6-5-8-15-9-7-13/h3-9,12H2,1-2H3. The van der Waals surface area contributed by atoms with Gasteiger partial charge < -0.3 is 15.4 Å². The molecule has 1 heterocycles. The van der Waals surface area contributed by atoms with Gasteiger partial charge in [0.05, 0.1) is 12.1 Å². The molecule has 1 fully saturated rings. The van der Waals surface area contributed by atoms with Gasteiger partial charge in [-0.1, -0.05) is 13.8 Å². The summed E-state index contributed by atoms with van der Waals surface area (Å²) in [5.74, 6) is 0.0815. The minimum atomic E-state index is -0.676. The predicted molar refractivity (Wildman–Crippen MR) is 59.5 cm³/mol. The SMILES string of the molecule is CCC(N)(CC)C(=O)N1CCCOCC1. The molecule has 1 saturated heterocycles. The molecule has 1 rings (SSSR count). The minimum absolute atomic E-state index is 0.0815. The largest absolute Gasteiger partial charge is 0.380 e. The molecular formula is C11H22N2O2. The molecule has 0 radical (unpaired) electrons. The summed E-state index contributed by atoms with van der Waals surface area (Å²) in [6, 6.07) is 0. The van der Waals surface area contributed by atoms with Crippen LogP contribution in [0.3, 0.4) is 0 Å². The molecule has 1 amide bonds. The van der Waals surface area contributed by atoms with E-state index in [1.165, 1.54) is 0 Å². The van der Waals surface area contributed by atoms with Crippen LogP contribution in [-0.2, 0) is 9.53 Å². The lowest BCUT2D eigenvalue weighted by Gasteiger charge is -2.32. The molecule has 0 aromatic carbocycles. The topological polar surface area (TPSA) is 55.6 Å². The van der Waals surface area contributed by atoms with E-state index < -0.39 is 5.54 Å². The quantitative estimate of drug-likeness (QED) is 0.754. The Morgan fingerprint density at radius 2 is 2.00 bits per heavy atom. The van der Waals surface area contributed by atoms with Gasteiger partial charge in [0.15, 0.2) is 0 Å². The lowest BCUT2D eigenvalue weighted by molar-refractivity contribution is -0.137. The maximum Gasteiger partial charge on any atom is 0.242 e. The van der Waals surface area contributed by atoms with Crippen molar-refractivity contribution in [3.63, 3.8) is 0 Å². The minimum Gasteiger partial charge on any atom is -0.380 e. The van der Waals surface area contributed by atoms with Gasteiger partial charge in [0, 0.05) is 19.7 Å². The van der Waals surface area contributed by atoms with Gasteiger partial charge >= 0.3 is 0 Å². The number of rotatable bonds is 3. The zero-order chi connectivity index (χ0) is 11.3. The molecule has 15 heavy (non-hydrogen) atoms. The first-order chi connectivity index (χ1) is 7.14. The van der Waals surface area contributed by atoms with E-state index in [0.29, 0.717) is 26.0 Å². The average molecular weight is 214 g/mol. The number of hydrogen-bond donors (Lipinski definition) is 1. The lowest BCUT2D eigenvalue weighted by Crippen LogP contribution is -2.55. The van der Waals surface area contributed by atoms with E-state index in [1.54, 1.807) is 0 Å². The Kier molecular flexibility index (Phi) is 4.54. The van der Waals surface area contributed by atoms with Crippen LogP contribution < -0.4 is 5.73 Å². The molecule has 0 aromatic heterocycles. The van der Waals surface area contributed by atoms with Crippen LogP contribution in [0.5, 0.6) is 0 Å². The fraction of sp³-hybridized carbons (Fsp3) is 0.909. The lowest BCUT2D eigenvalue weighted by atomic mass is 9.92. The van der Waals surface area contributed by atoms with Crippen LogP contribution in [0, 0.1) is 0 Å². The van der Waals surface area contributed by atoms with Crippen molar-refractivity contribution < 1.29 is 9.53 Å². The maximum atomic E-state index is 12.2. The molecule has 0 saturated carbocycles. The van der Waals surface area contributed by atoms with Gasteiger partial charge in [0.2, 0.25) is 5.91 Å². The smallest absolute Gasteiger partial charge is 0.242 e. The second-order valence-corrected chi connectivity index (χ2v) is 4.12. The van der Waals surface area contributed by atoms with Gasteiger partial charge in [-0.15, -0.1) is 0 Å². The van der Waals surface area contributed by atoms with Crippen molar-refractivity contribution >= 4 is 5.91 Å². The molecule has 1 aliphatic heterocycles. The van der Waals surface area contributed by atoms with E-state index in [4.69, 9.17) is 10.5 Å². The number of hydrogen-bond acceptors (Lipinski definition) is 3. The number of nitrogens with two attached hydrogens (primary N) is 1. The second kappa shape index (κ2) is 5.47. The number of ether oxygens (including phenoxy) is 1. The Hall–Kier alpha value is -0.610. The highest BCUT2D eigenvalue weighted by molar-refractivity contribution is 5.86. The van der Waals surface area contributed by atoms with Crippen LogP contribution in [0.25, 0.3) is 0 Å². The van der Waals surface area contributed by atoms with E-state index in [2.05, 4.69) is 0 Å². The molecule has 88 valence electrons. The molecule has 0 aliphatic carbocycles. The molecule has 0 atom stereocenters. The summed E-state index contributed by atoms with van der Waals surface area (Å²) in [5, 5.41) is 0. The van der Waals surface area contributed by atoms with Gasteiger partial charge in [-0.25, -0.2) is 0 Å². The third kappa shape index (κ3) is 2.92. The van der Waals surface area contributed by atoms with Gasteiger partial charge in [0.1, 0.15) is 0 Å². The van der Waals surface area contributed by atoms with Crippen LogP contribution in [-0.4, -0.2) is 42.6 Å². The van der Waals surface area contributed by atoms with Crippen molar-refractivity contribution in [2.45, 2.75) is 38.6 Å². The summed E-state index contributed by atoms with van der Waals surface area (Å²) >= 11 is 0. The first-order valence-corrected chi connectivity index (χ1v) is 5.80. The monoisotopic (exact) mass is 214 g/mol. The summed E-state index contributed by atoms with van der Waals surface area (Å²) in [7, 11) is 0. The molecule has 0 spiro atoms. The van der Waals surface area contributed by atoms with E-state index in [1.807, 2.05) is 18.7 Å². The van der Waals surface area contributed by atoms with E-state index in [0.717, 1.165) is 19.6 Å². The summed E-state index contributed by atoms with van der Waals surface area (Å²) in [6.45, 7) is 6.77. The zero-order valence-electron chi connectivity index (χ0n) is 9.79. The maximum absolute atomic E-state index is 12.2. The Labute approximate surface area is 91.8 Å². The molecule has 4 nitrogen and oxygen atoms in total.